The van der Waals surface area contributed by atoms with E-state index in [1.165, 1.54) is 0 Å². The maximum Gasteiger partial charge on any atom is 0.0231 e. The van der Waals surface area contributed by atoms with Gasteiger partial charge in [-0.15, -0.1) is 11.6 Å². The first-order valence-electron chi connectivity index (χ1n) is 3.36. The molecule has 10 heavy (non-hydrogen) atoms. The molecule has 0 atom stereocenters. The predicted octanol–water partition coefficient (Wildman–Crippen LogP) is 4.14. The second kappa shape index (κ2) is 5.82. The zero-order chi connectivity index (χ0) is 8.04. The summed E-state index contributed by atoms with van der Waals surface area (Å²) in [4.78, 5) is 0. The molecule has 0 spiro atoms. The van der Waals surface area contributed by atoms with Crippen LogP contribution in [0.4, 0.5) is 0 Å². The molecule has 0 radical (unpaired) electrons. The molecule has 0 aromatic rings. The molecular formula is C6H13Cl3S. The van der Waals surface area contributed by atoms with Crippen molar-refractivity contribution in [3.8, 4) is 0 Å². The SMILES string of the molecule is CCCS(Cl)(Cl)CCCCl. The summed E-state index contributed by atoms with van der Waals surface area (Å²) >= 11 is 5.50. The van der Waals surface area contributed by atoms with Crippen LogP contribution in [0.1, 0.15) is 19.8 Å². The lowest BCUT2D eigenvalue weighted by Crippen LogP contribution is -1.96. The van der Waals surface area contributed by atoms with Gasteiger partial charge in [-0.2, -0.15) is 0 Å². The lowest BCUT2D eigenvalue weighted by molar-refractivity contribution is 1.07. The molecule has 0 unspecified atom stereocenters. The molecule has 0 fully saturated rings. The van der Waals surface area contributed by atoms with Crippen LogP contribution >= 0.6 is 41.4 Å². The van der Waals surface area contributed by atoms with Crippen molar-refractivity contribution >= 4 is 41.4 Å². The van der Waals surface area contributed by atoms with Crippen LogP contribution in [0.25, 0.3) is 0 Å². The molecule has 0 aliphatic carbocycles. The van der Waals surface area contributed by atoms with Crippen molar-refractivity contribution in [1.82, 2.24) is 0 Å². The Bertz CT molecular complexity index is 85.1. The van der Waals surface area contributed by atoms with E-state index in [-0.39, 0.29) is 0 Å². The maximum atomic E-state index is 6.01. The molecule has 4 heteroatoms. The highest BCUT2D eigenvalue weighted by Crippen LogP contribution is 2.58. The van der Waals surface area contributed by atoms with Gasteiger partial charge in [-0.05, 0) is 12.8 Å². The summed E-state index contributed by atoms with van der Waals surface area (Å²) in [5.74, 6) is 2.48. The minimum Gasteiger partial charge on any atom is -0.127 e. The van der Waals surface area contributed by atoms with Gasteiger partial charge in [0, 0.05) is 17.4 Å². The van der Waals surface area contributed by atoms with E-state index in [0.717, 1.165) is 24.3 Å². The number of halogens is 3. The summed E-state index contributed by atoms with van der Waals surface area (Å²) < 4.78 is 0. The zero-order valence-electron chi connectivity index (χ0n) is 6.08. The highest BCUT2D eigenvalue weighted by atomic mass is 36.0. The van der Waals surface area contributed by atoms with Crippen LogP contribution < -0.4 is 0 Å². The van der Waals surface area contributed by atoms with E-state index in [9.17, 15) is 0 Å². The normalized spacial score (nSPS) is 13.6. The molecule has 64 valence electrons. The summed E-state index contributed by atoms with van der Waals surface area (Å²) in [6, 6.07) is 0. The van der Waals surface area contributed by atoms with Gasteiger partial charge in [-0.25, -0.2) is 0 Å². The zero-order valence-corrected chi connectivity index (χ0v) is 9.16. The monoisotopic (exact) mass is 222 g/mol. The van der Waals surface area contributed by atoms with Crippen molar-refractivity contribution in [3.05, 3.63) is 0 Å². The van der Waals surface area contributed by atoms with Crippen LogP contribution in [0.5, 0.6) is 0 Å². The summed E-state index contributed by atoms with van der Waals surface area (Å²) in [5.41, 5.74) is 0. The van der Waals surface area contributed by atoms with Gasteiger partial charge in [0.15, 0.2) is 0 Å². The quantitative estimate of drug-likeness (QED) is 0.615. The average molecular weight is 224 g/mol. The van der Waals surface area contributed by atoms with E-state index < -0.39 is 8.46 Å². The highest BCUT2D eigenvalue weighted by Gasteiger charge is 2.14. The van der Waals surface area contributed by atoms with Gasteiger partial charge < -0.3 is 0 Å². The van der Waals surface area contributed by atoms with Crippen LogP contribution in [-0.4, -0.2) is 17.4 Å². The van der Waals surface area contributed by atoms with E-state index in [1.807, 2.05) is 0 Å². The van der Waals surface area contributed by atoms with Crippen molar-refractivity contribution in [2.24, 2.45) is 0 Å². The Hall–Kier alpha value is 1.22. The molecule has 0 saturated carbocycles. The van der Waals surface area contributed by atoms with Crippen LogP contribution in [0.3, 0.4) is 0 Å². The van der Waals surface area contributed by atoms with E-state index in [2.05, 4.69) is 6.92 Å². The van der Waals surface area contributed by atoms with Gasteiger partial charge in [0.25, 0.3) is 0 Å². The molecule has 0 nitrogen and oxygen atoms in total. The number of alkyl halides is 1. The third-order valence-electron chi connectivity index (χ3n) is 1.08. The predicted molar refractivity (Wildman–Crippen MR) is 54.7 cm³/mol. The molecule has 0 amide bonds. The molecular weight excluding hydrogens is 210 g/mol. The number of hydrogen-bond acceptors (Lipinski definition) is 0. The molecule has 0 aliphatic heterocycles. The Balaban J connectivity index is 3.42. The summed E-state index contributed by atoms with van der Waals surface area (Å²) in [7, 11) is 10.7. The van der Waals surface area contributed by atoms with Gasteiger partial charge >= 0.3 is 0 Å². The Kier molecular flexibility index (Phi) is 6.53. The van der Waals surface area contributed by atoms with Gasteiger partial charge in [0.2, 0.25) is 0 Å². The summed E-state index contributed by atoms with van der Waals surface area (Å²) in [5, 5.41) is 0. The lowest BCUT2D eigenvalue weighted by atomic mass is 10.6. The fourth-order valence-electron chi connectivity index (χ4n) is 0.666. The smallest absolute Gasteiger partial charge is 0.0231 e. The second-order valence-electron chi connectivity index (χ2n) is 2.15. The Morgan fingerprint density at radius 3 is 2.20 bits per heavy atom. The third kappa shape index (κ3) is 5.96. The molecule has 0 N–H and O–H groups in total. The van der Waals surface area contributed by atoms with E-state index in [1.54, 1.807) is 0 Å². The van der Waals surface area contributed by atoms with Gasteiger partial charge in [-0.1, -0.05) is 36.7 Å². The van der Waals surface area contributed by atoms with E-state index in [0.29, 0.717) is 5.88 Å². The fourth-order valence-corrected chi connectivity index (χ4v) is 3.91. The largest absolute Gasteiger partial charge is 0.127 e. The highest BCUT2D eigenvalue weighted by molar-refractivity contribution is 8.65. The maximum absolute atomic E-state index is 6.01. The van der Waals surface area contributed by atoms with Crippen molar-refractivity contribution in [1.29, 1.82) is 0 Å². The van der Waals surface area contributed by atoms with Gasteiger partial charge in [0.1, 0.15) is 0 Å². The second-order valence-corrected chi connectivity index (χ2v) is 8.76. The first-order chi connectivity index (χ1) is 4.62. The Morgan fingerprint density at radius 2 is 1.80 bits per heavy atom. The van der Waals surface area contributed by atoms with Gasteiger partial charge in [0.05, 0.1) is 0 Å². The van der Waals surface area contributed by atoms with Crippen molar-refractivity contribution in [2.75, 3.05) is 17.4 Å². The Morgan fingerprint density at radius 1 is 1.20 bits per heavy atom. The molecule has 0 aromatic carbocycles. The van der Waals surface area contributed by atoms with Crippen LogP contribution in [0.15, 0.2) is 0 Å². The third-order valence-corrected chi connectivity index (χ3v) is 5.09. The van der Waals surface area contributed by atoms with Crippen molar-refractivity contribution in [2.45, 2.75) is 19.8 Å². The molecule has 0 rings (SSSR count). The van der Waals surface area contributed by atoms with Crippen molar-refractivity contribution < 1.29 is 0 Å². The minimum atomic E-state index is -1.33. The first-order valence-corrected chi connectivity index (χ1v) is 7.52. The van der Waals surface area contributed by atoms with Gasteiger partial charge in [-0.3, -0.25) is 0 Å². The van der Waals surface area contributed by atoms with E-state index >= 15 is 0 Å². The molecule has 0 aliphatic rings. The molecule has 0 aromatic heterocycles. The average Bonchev–Trinajstić information content (AvgIpc) is 1.84. The molecule has 0 saturated heterocycles. The standard InChI is InChI=1S/C6H13Cl3S/c1-2-5-10(8,9)6-3-4-7/h2-6H2,1H3. The number of rotatable bonds is 5. The molecule has 0 heterocycles. The van der Waals surface area contributed by atoms with E-state index in [4.69, 9.17) is 33.0 Å². The molecule has 0 bridgehead atoms. The Labute approximate surface area is 78.5 Å². The van der Waals surface area contributed by atoms with Crippen LogP contribution in [0, 0.1) is 0 Å². The lowest BCUT2D eigenvalue weighted by Gasteiger charge is -2.23. The topological polar surface area (TPSA) is 0 Å². The van der Waals surface area contributed by atoms with Crippen LogP contribution in [-0.2, 0) is 0 Å². The van der Waals surface area contributed by atoms with Crippen LogP contribution in [0.2, 0.25) is 0 Å². The number of hydrogen-bond donors (Lipinski definition) is 0. The minimum absolute atomic E-state index is 0.665. The van der Waals surface area contributed by atoms with Crippen molar-refractivity contribution in [3.63, 3.8) is 0 Å². The summed E-state index contributed by atoms with van der Waals surface area (Å²) in [6.45, 7) is 2.09. The summed E-state index contributed by atoms with van der Waals surface area (Å²) in [6.07, 6.45) is 1.99. The first kappa shape index (κ1) is 11.2. The fraction of sp³-hybridized carbons (Fsp3) is 1.00.